The maximum Gasteiger partial charge on any atom is -0.00401 e. The van der Waals surface area contributed by atoms with E-state index in [1.54, 1.807) is 0 Å². The van der Waals surface area contributed by atoms with Gasteiger partial charge in [-0.25, -0.2) is 0 Å². The Labute approximate surface area is 57.3 Å². The molecule has 0 aliphatic heterocycles. The SMILES string of the molecule is C=C=C1CC(C)C1(C)C. The van der Waals surface area contributed by atoms with Crippen LogP contribution in [0, 0.1) is 11.3 Å². The minimum atomic E-state index is 0.391. The molecule has 1 rings (SSSR count). The standard InChI is InChI=1S/C9H14/c1-5-8-6-7(2)9(8,3)4/h7H,1,6H2,2-4H3. The largest absolute Gasteiger partial charge is 0.129 e. The molecule has 0 aromatic rings. The summed E-state index contributed by atoms with van der Waals surface area (Å²) >= 11 is 0. The van der Waals surface area contributed by atoms with Gasteiger partial charge in [0.05, 0.1) is 0 Å². The molecule has 9 heavy (non-hydrogen) atoms. The van der Waals surface area contributed by atoms with Gasteiger partial charge in [-0.2, -0.15) is 0 Å². The average molecular weight is 122 g/mol. The van der Waals surface area contributed by atoms with Gasteiger partial charge in [0.2, 0.25) is 0 Å². The maximum absolute atomic E-state index is 3.65. The molecule has 0 radical (unpaired) electrons. The quantitative estimate of drug-likeness (QED) is 0.433. The summed E-state index contributed by atoms with van der Waals surface area (Å²) in [4.78, 5) is 0. The highest BCUT2D eigenvalue weighted by Crippen LogP contribution is 2.49. The lowest BCUT2D eigenvalue weighted by Crippen LogP contribution is -2.34. The summed E-state index contributed by atoms with van der Waals surface area (Å²) in [6.45, 7) is 10.4. The van der Waals surface area contributed by atoms with Crippen molar-refractivity contribution in [3.63, 3.8) is 0 Å². The fourth-order valence-electron chi connectivity index (χ4n) is 1.29. The van der Waals surface area contributed by atoms with Crippen molar-refractivity contribution in [2.75, 3.05) is 0 Å². The highest BCUT2D eigenvalue weighted by atomic mass is 14.4. The molecule has 0 saturated heterocycles. The highest BCUT2D eigenvalue weighted by Gasteiger charge is 2.39. The predicted molar refractivity (Wildman–Crippen MR) is 40.2 cm³/mol. The molecule has 1 aliphatic rings. The summed E-state index contributed by atoms with van der Waals surface area (Å²) in [7, 11) is 0. The Morgan fingerprint density at radius 2 is 2.22 bits per heavy atom. The first-order chi connectivity index (χ1) is 4.09. The van der Waals surface area contributed by atoms with Crippen LogP contribution in [0.2, 0.25) is 0 Å². The monoisotopic (exact) mass is 122 g/mol. The molecule has 1 unspecified atom stereocenters. The van der Waals surface area contributed by atoms with Gasteiger partial charge < -0.3 is 0 Å². The van der Waals surface area contributed by atoms with E-state index < -0.39 is 0 Å². The second-order valence-electron chi connectivity index (χ2n) is 3.48. The van der Waals surface area contributed by atoms with Crippen molar-refractivity contribution in [2.24, 2.45) is 11.3 Å². The Balaban J connectivity index is 2.82. The van der Waals surface area contributed by atoms with E-state index in [0.717, 1.165) is 5.92 Å². The Bertz CT molecular complexity index is 168. The zero-order valence-corrected chi connectivity index (χ0v) is 6.49. The third kappa shape index (κ3) is 0.746. The van der Waals surface area contributed by atoms with Crippen LogP contribution in [-0.4, -0.2) is 0 Å². The fraction of sp³-hybridized carbons (Fsp3) is 0.667. The molecule has 1 atom stereocenters. The van der Waals surface area contributed by atoms with E-state index in [9.17, 15) is 0 Å². The summed E-state index contributed by atoms with van der Waals surface area (Å²) in [5.41, 5.74) is 4.78. The summed E-state index contributed by atoms with van der Waals surface area (Å²) in [5.74, 6) is 0.821. The molecule has 1 aliphatic carbocycles. The van der Waals surface area contributed by atoms with Gasteiger partial charge in [-0.3, -0.25) is 0 Å². The van der Waals surface area contributed by atoms with Crippen LogP contribution in [0.4, 0.5) is 0 Å². The molecular formula is C9H14. The van der Waals surface area contributed by atoms with Crippen LogP contribution in [0.1, 0.15) is 27.2 Å². The molecule has 1 saturated carbocycles. The Morgan fingerprint density at radius 1 is 1.67 bits per heavy atom. The molecule has 0 aromatic carbocycles. The summed E-state index contributed by atoms with van der Waals surface area (Å²) in [5, 5.41) is 0. The van der Waals surface area contributed by atoms with Gasteiger partial charge in [0, 0.05) is 0 Å². The van der Waals surface area contributed by atoms with E-state index in [0.29, 0.717) is 5.41 Å². The first-order valence-electron chi connectivity index (χ1n) is 3.48. The molecule has 0 spiro atoms. The van der Waals surface area contributed by atoms with E-state index in [1.807, 2.05) is 0 Å². The third-order valence-corrected chi connectivity index (χ3v) is 2.73. The highest BCUT2D eigenvalue weighted by molar-refractivity contribution is 5.21. The van der Waals surface area contributed by atoms with Crippen LogP contribution in [0.15, 0.2) is 17.9 Å². The number of hydrogen-bond acceptors (Lipinski definition) is 0. The van der Waals surface area contributed by atoms with E-state index >= 15 is 0 Å². The molecule has 0 aromatic heterocycles. The van der Waals surface area contributed by atoms with Crippen LogP contribution >= 0.6 is 0 Å². The van der Waals surface area contributed by atoms with Crippen LogP contribution in [0.3, 0.4) is 0 Å². The lowest BCUT2D eigenvalue weighted by molar-refractivity contribution is 0.187. The van der Waals surface area contributed by atoms with Crippen molar-refractivity contribution >= 4 is 0 Å². The van der Waals surface area contributed by atoms with Crippen LogP contribution in [-0.2, 0) is 0 Å². The summed E-state index contributed by atoms with van der Waals surface area (Å²) in [6.07, 6.45) is 1.20. The van der Waals surface area contributed by atoms with Crippen molar-refractivity contribution in [1.29, 1.82) is 0 Å². The number of rotatable bonds is 0. The normalized spacial score (nSPS) is 31.0. The zero-order chi connectivity index (χ0) is 7.07. The molecule has 0 nitrogen and oxygen atoms in total. The van der Waals surface area contributed by atoms with Gasteiger partial charge in [0.15, 0.2) is 0 Å². The third-order valence-electron chi connectivity index (χ3n) is 2.73. The van der Waals surface area contributed by atoms with Crippen molar-refractivity contribution in [3.05, 3.63) is 17.9 Å². The Morgan fingerprint density at radius 3 is 2.33 bits per heavy atom. The molecule has 1 fully saturated rings. The lowest BCUT2D eigenvalue weighted by Gasteiger charge is -2.44. The lowest BCUT2D eigenvalue weighted by atomic mass is 9.60. The van der Waals surface area contributed by atoms with Crippen molar-refractivity contribution in [3.8, 4) is 0 Å². The minimum Gasteiger partial charge on any atom is -0.129 e. The Kier molecular flexibility index (Phi) is 1.29. The molecule has 0 bridgehead atoms. The molecule has 50 valence electrons. The first-order valence-corrected chi connectivity index (χ1v) is 3.48. The van der Waals surface area contributed by atoms with Crippen LogP contribution in [0.25, 0.3) is 0 Å². The minimum absolute atomic E-state index is 0.391. The molecule has 0 heteroatoms. The van der Waals surface area contributed by atoms with Gasteiger partial charge in [-0.1, -0.05) is 27.4 Å². The molecule has 0 heterocycles. The van der Waals surface area contributed by atoms with Gasteiger partial charge >= 0.3 is 0 Å². The van der Waals surface area contributed by atoms with E-state index in [4.69, 9.17) is 0 Å². The first kappa shape index (κ1) is 6.64. The summed E-state index contributed by atoms with van der Waals surface area (Å²) in [6, 6.07) is 0. The van der Waals surface area contributed by atoms with E-state index in [-0.39, 0.29) is 0 Å². The van der Waals surface area contributed by atoms with Gasteiger partial charge in [0.1, 0.15) is 0 Å². The van der Waals surface area contributed by atoms with Crippen LogP contribution in [0.5, 0.6) is 0 Å². The topological polar surface area (TPSA) is 0 Å². The predicted octanol–water partition coefficient (Wildman–Crippen LogP) is 2.76. The van der Waals surface area contributed by atoms with Gasteiger partial charge in [-0.05, 0) is 23.3 Å². The smallest absolute Gasteiger partial charge is 0.00401 e. The second kappa shape index (κ2) is 1.75. The molecule has 0 amide bonds. The molecular weight excluding hydrogens is 108 g/mol. The summed E-state index contributed by atoms with van der Waals surface area (Å²) < 4.78 is 0. The van der Waals surface area contributed by atoms with Gasteiger partial charge in [-0.15, -0.1) is 5.73 Å². The fourth-order valence-corrected chi connectivity index (χ4v) is 1.29. The van der Waals surface area contributed by atoms with Crippen molar-refractivity contribution < 1.29 is 0 Å². The van der Waals surface area contributed by atoms with Gasteiger partial charge in [0.25, 0.3) is 0 Å². The maximum atomic E-state index is 3.65. The number of hydrogen-bond donors (Lipinski definition) is 0. The Hall–Kier alpha value is -0.480. The van der Waals surface area contributed by atoms with Crippen molar-refractivity contribution in [2.45, 2.75) is 27.2 Å². The number of allylic oxidation sites excluding steroid dienone is 1. The zero-order valence-electron chi connectivity index (χ0n) is 6.49. The second-order valence-corrected chi connectivity index (χ2v) is 3.48. The van der Waals surface area contributed by atoms with Crippen LogP contribution < -0.4 is 0 Å². The van der Waals surface area contributed by atoms with E-state index in [2.05, 4.69) is 33.1 Å². The van der Waals surface area contributed by atoms with E-state index in [1.165, 1.54) is 12.0 Å². The molecule has 0 N–H and O–H groups in total. The average Bonchev–Trinajstić information content (AvgIpc) is 1.82. The van der Waals surface area contributed by atoms with Crippen molar-refractivity contribution in [1.82, 2.24) is 0 Å².